The van der Waals surface area contributed by atoms with Gasteiger partial charge in [-0.15, -0.1) is 0 Å². The van der Waals surface area contributed by atoms with Crippen LogP contribution in [0.25, 0.3) is 0 Å². The van der Waals surface area contributed by atoms with E-state index >= 15 is 0 Å². The molecule has 1 rings (SSSR count). The van der Waals surface area contributed by atoms with E-state index in [0.29, 0.717) is 0 Å². The lowest BCUT2D eigenvalue weighted by Crippen LogP contribution is -2.49. The first kappa shape index (κ1) is 11.5. The number of nitrogens with zero attached hydrogens (tertiary/aromatic N) is 1. The summed E-state index contributed by atoms with van der Waals surface area (Å²) in [5.41, 5.74) is 5.27. The van der Waals surface area contributed by atoms with Gasteiger partial charge in [-0.25, -0.2) is 0 Å². The van der Waals surface area contributed by atoms with Gasteiger partial charge in [0, 0.05) is 6.04 Å². The van der Waals surface area contributed by atoms with Gasteiger partial charge in [-0.2, -0.15) is 0 Å². The largest absolute Gasteiger partial charge is 0.395 e. The number of hydrogen-bond acceptors (Lipinski definition) is 3. The Bertz CT molecular complexity index is 197. The number of aliphatic hydroxyl groups is 1. The summed E-state index contributed by atoms with van der Waals surface area (Å²) in [6.45, 7) is 2.81. The highest BCUT2D eigenvalue weighted by Gasteiger charge is 2.27. The molecule has 0 spiro atoms. The van der Waals surface area contributed by atoms with E-state index in [0.717, 1.165) is 25.8 Å². The van der Waals surface area contributed by atoms with Crippen molar-refractivity contribution in [1.29, 1.82) is 0 Å². The van der Waals surface area contributed by atoms with Gasteiger partial charge < -0.3 is 10.8 Å². The molecule has 3 N–H and O–H groups in total. The highest BCUT2D eigenvalue weighted by Crippen LogP contribution is 2.18. The van der Waals surface area contributed by atoms with E-state index in [1.54, 1.807) is 0 Å². The molecule has 2 atom stereocenters. The lowest BCUT2D eigenvalue weighted by molar-refractivity contribution is -0.123. The van der Waals surface area contributed by atoms with E-state index in [9.17, 15) is 9.90 Å². The van der Waals surface area contributed by atoms with E-state index in [4.69, 9.17) is 5.73 Å². The van der Waals surface area contributed by atoms with Crippen LogP contribution in [-0.2, 0) is 4.79 Å². The summed E-state index contributed by atoms with van der Waals surface area (Å²) >= 11 is 0. The first-order chi connectivity index (χ1) is 6.66. The molecule has 0 bridgehead atoms. The van der Waals surface area contributed by atoms with E-state index in [1.165, 1.54) is 6.42 Å². The molecule has 0 aromatic carbocycles. The van der Waals surface area contributed by atoms with Crippen molar-refractivity contribution in [2.75, 3.05) is 13.2 Å². The molecular weight excluding hydrogens is 180 g/mol. The van der Waals surface area contributed by atoms with Gasteiger partial charge in [-0.3, -0.25) is 9.69 Å². The molecule has 0 saturated carbocycles. The summed E-state index contributed by atoms with van der Waals surface area (Å²) in [6.07, 6.45) is 4.37. The predicted octanol–water partition coefficient (Wildman–Crippen LogP) is 0.0971. The predicted molar refractivity (Wildman–Crippen MR) is 54.7 cm³/mol. The van der Waals surface area contributed by atoms with Crippen molar-refractivity contribution >= 4 is 5.91 Å². The van der Waals surface area contributed by atoms with E-state index in [-0.39, 0.29) is 24.6 Å². The normalized spacial score (nSPS) is 26.9. The topological polar surface area (TPSA) is 66.6 Å². The number of carbonyl (C=O) groups is 1. The van der Waals surface area contributed by atoms with Crippen molar-refractivity contribution in [2.24, 2.45) is 5.73 Å². The van der Waals surface area contributed by atoms with Gasteiger partial charge >= 0.3 is 0 Å². The average Bonchev–Trinajstić information content (AvgIpc) is 2.40. The molecule has 82 valence electrons. The van der Waals surface area contributed by atoms with Gasteiger partial charge in [0.2, 0.25) is 5.91 Å². The fourth-order valence-electron chi connectivity index (χ4n) is 2.07. The van der Waals surface area contributed by atoms with E-state index < -0.39 is 0 Å². The lowest BCUT2D eigenvalue weighted by atomic mass is 10.1. The van der Waals surface area contributed by atoms with Crippen LogP contribution in [0.2, 0.25) is 0 Å². The number of carbonyl (C=O) groups excluding carboxylic acids is 1. The highest BCUT2D eigenvalue weighted by molar-refractivity contribution is 5.79. The maximum absolute atomic E-state index is 11.1. The molecule has 1 heterocycles. The number of amides is 1. The SMILES string of the molecule is CC(C(N)=O)N1CCCCCC1CO. The van der Waals surface area contributed by atoms with Crippen LogP contribution in [0, 0.1) is 0 Å². The van der Waals surface area contributed by atoms with Gasteiger partial charge in [-0.1, -0.05) is 12.8 Å². The van der Waals surface area contributed by atoms with Crippen molar-refractivity contribution in [2.45, 2.75) is 44.7 Å². The molecule has 2 unspecified atom stereocenters. The molecule has 0 aliphatic carbocycles. The Kier molecular flexibility index (Phi) is 4.35. The number of likely N-dealkylation sites (tertiary alicyclic amines) is 1. The molecule has 4 nitrogen and oxygen atoms in total. The molecule has 1 amide bonds. The maximum atomic E-state index is 11.1. The lowest BCUT2D eigenvalue weighted by Gasteiger charge is -2.32. The van der Waals surface area contributed by atoms with Gasteiger partial charge in [0.25, 0.3) is 0 Å². The minimum atomic E-state index is -0.301. The molecule has 1 fully saturated rings. The Morgan fingerprint density at radius 2 is 2.29 bits per heavy atom. The first-order valence-electron chi connectivity index (χ1n) is 5.32. The van der Waals surface area contributed by atoms with Crippen molar-refractivity contribution in [3.05, 3.63) is 0 Å². The number of primary amides is 1. The maximum Gasteiger partial charge on any atom is 0.234 e. The van der Waals surface area contributed by atoms with Gasteiger partial charge in [0.1, 0.15) is 0 Å². The molecule has 0 aromatic heterocycles. The molecule has 1 aliphatic heterocycles. The molecular formula is C10H20N2O2. The zero-order valence-corrected chi connectivity index (χ0v) is 8.78. The second-order valence-electron chi connectivity index (χ2n) is 4.00. The second-order valence-corrected chi connectivity index (χ2v) is 4.00. The van der Waals surface area contributed by atoms with Crippen LogP contribution in [-0.4, -0.2) is 41.1 Å². The van der Waals surface area contributed by atoms with Crippen molar-refractivity contribution in [1.82, 2.24) is 4.90 Å². The Hall–Kier alpha value is -0.610. The summed E-state index contributed by atoms with van der Waals surface area (Å²) in [4.78, 5) is 13.1. The Morgan fingerprint density at radius 1 is 1.57 bits per heavy atom. The summed E-state index contributed by atoms with van der Waals surface area (Å²) in [7, 11) is 0. The molecule has 1 saturated heterocycles. The third kappa shape index (κ3) is 2.69. The molecule has 4 heteroatoms. The second kappa shape index (κ2) is 5.32. The summed E-state index contributed by atoms with van der Waals surface area (Å²) in [6, 6.07) is -0.148. The Morgan fingerprint density at radius 3 is 2.86 bits per heavy atom. The third-order valence-electron chi connectivity index (χ3n) is 3.04. The summed E-state index contributed by atoms with van der Waals surface area (Å²) in [5.74, 6) is -0.301. The number of aliphatic hydroxyl groups excluding tert-OH is 1. The van der Waals surface area contributed by atoms with Gasteiger partial charge in [0.05, 0.1) is 12.6 Å². The monoisotopic (exact) mass is 200 g/mol. The fourth-order valence-corrected chi connectivity index (χ4v) is 2.07. The zero-order chi connectivity index (χ0) is 10.6. The molecule has 0 aromatic rings. The molecule has 1 aliphatic rings. The van der Waals surface area contributed by atoms with Crippen LogP contribution in [0.5, 0.6) is 0 Å². The van der Waals surface area contributed by atoms with E-state index in [2.05, 4.69) is 0 Å². The molecule has 14 heavy (non-hydrogen) atoms. The minimum Gasteiger partial charge on any atom is -0.395 e. The number of nitrogens with two attached hydrogens (primary N) is 1. The van der Waals surface area contributed by atoms with Crippen molar-refractivity contribution in [3.63, 3.8) is 0 Å². The summed E-state index contributed by atoms with van der Waals surface area (Å²) in [5, 5.41) is 9.22. The number of hydrogen-bond donors (Lipinski definition) is 2. The van der Waals surface area contributed by atoms with E-state index in [1.807, 2.05) is 11.8 Å². The summed E-state index contributed by atoms with van der Waals surface area (Å²) < 4.78 is 0. The van der Waals surface area contributed by atoms with Crippen LogP contribution in [0.15, 0.2) is 0 Å². The average molecular weight is 200 g/mol. The van der Waals surface area contributed by atoms with Crippen LogP contribution < -0.4 is 5.73 Å². The Labute approximate surface area is 85.1 Å². The first-order valence-corrected chi connectivity index (χ1v) is 5.32. The van der Waals surface area contributed by atoms with Gasteiger partial charge in [0.15, 0.2) is 0 Å². The zero-order valence-electron chi connectivity index (χ0n) is 8.78. The van der Waals surface area contributed by atoms with Crippen LogP contribution in [0.1, 0.15) is 32.6 Å². The quantitative estimate of drug-likeness (QED) is 0.679. The molecule has 0 radical (unpaired) electrons. The van der Waals surface area contributed by atoms with Crippen LogP contribution in [0.4, 0.5) is 0 Å². The Balaban J connectivity index is 2.64. The van der Waals surface area contributed by atoms with Crippen LogP contribution >= 0.6 is 0 Å². The smallest absolute Gasteiger partial charge is 0.234 e. The van der Waals surface area contributed by atoms with Gasteiger partial charge in [-0.05, 0) is 26.3 Å². The number of rotatable bonds is 3. The minimum absolute atomic E-state index is 0.111. The standard InChI is InChI=1S/C10H20N2O2/c1-8(10(11)14)12-6-4-2-3-5-9(12)7-13/h8-9,13H,2-7H2,1H3,(H2,11,14). The van der Waals surface area contributed by atoms with Crippen LogP contribution in [0.3, 0.4) is 0 Å². The van der Waals surface area contributed by atoms with Crippen molar-refractivity contribution in [3.8, 4) is 0 Å². The highest BCUT2D eigenvalue weighted by atomic mass is 16.3. The van der Waals surface area contributed by atoms with Crippen molar-refractivity contribution < 1.29 is 9.90 Å². The third-order valence-corrected chi connectivity index (χ3v) is 3.04. The fraction of sp³-hybridized carbons (Fsp3) is 0.900.